The molecule has 2 aromatic rings. The van der Waals surface area contributed by atoms with Crippen molar-refractivity contribution in [1.29, 1.82) is 0 Å². The van der Waals surface area contributed by atoms with E-state index < -0.39 is 12.1 Å². The van der Waals surface area contributed by atoms with Gasteiger partial charge in [0.2, 0.25) is 0 Å². The van der Waals surface area contributed by atoms with Crippen molar-refractivity contribution in [3.63, 3.8) is 0 Å². The summed E-state index contributed by atoms with van der Waals surface area (Å²) in [6.45, 7) is 8.10. The van der Waals surface area contributed by atoms with Crippen molar-refractivity contribution >= 4 is 12.1 Å². The average Bonchev–Trinajstić information content (AvgIpc) is 2.60. The molecule has 0 aliphatic heterocycles. The molecule has 138 valence electrons. The maximum absolute atomic E-state index is 12.2. The number of hydrogen-bond acceptors (Lipinski definition) is 4. The molecule has 0 aliphatic carbocycles. The molecule has 2 N–H and O–H groups in total. The van der Waals surface area contributed by atoms with E-state index in [2.05, 4.69) is 0 Å². The highest BCUT2D eigenvalue weighted by atomic mass is 16.7. The number of nitrogens with zero attached hydrogens (tertiary/aromatic N) is 1. The lowest BCUT2D eigenvalue weighted by atomic mass is 9.94. The first-order chi connectivity index (χ1) is 12.3. The highest BCUT2D eigenvalue weighted by Gasteiger charge is 2.19. The smallest absolute Gasteiger partial charge is 0.394 e. The molecule has 0 saturated carbocycles. The number of carbonyl (C=O) groups excluding carboxylic acids is 2. The van der Waals surface area contributed by atoms with Crippen molar-refractivity contribution in [2.45, 2.75) is 46.3 Å². The molecule has 1 aromatic heterocycles. The van der Waals surface area contributed by atoms with Crippen LogP contribution in [0.4, 0.5) is 4.79 Å². The van der Waals surface area contributed by atoms with Crippen LogP contribution < -0.4 is 15.0 Å². The van der Waals surface area contributed by atoms with Crippen molar-refractivity contribution in [2.75, 3.05) is 0 Å². The number of ether oxygens (including phenoxy) is 2. The molecule has 0 saturated heterocycles. The monoisotopic (exact) mass is 357 g/mol. The molecule has 0 aliphatic rings. The minimum Gasteiger partial charge on any atom is -0.394 e. The van der Waals surface area contributed by atoms with Crippen LogP contribution in [0.25, 0.3) is 0 Å². The van der Waals surface area contributed by atoms with E-state index in [0.29, 0.717) is 11.3 Å². The molecule has 6 heteroatoms. The molecule has 0 unspecified atom stereocenters. The summed E-state index contributed by atoms with van der Waals surface area (Å²) in [7, 11) is 0. The van der Waals surface area contributed by atoms with Gasteiger partial charge < -0.3 is 15.2 Å². The van der Waals surface area contributed by atoms with E-state index in [1.165, 1.54) is 6.20 Å². The molecule has 1 aromatic carbocycles. The third-order valence-corrected chi connectivity index (χ3v) is 3.98. The molecule has 0 bridgehead atoms. The largest absolute Gasteiger partial charge is 0.518 e. The molecule has 0 radical (unpaired) electrons. The zero-order valence-corrected chi connectivity index (χ0v) is 15.6. The Morgan fingerprint density at radius 2 is 1.65 bits per heavy atom. The summed E-state index contributed by atoms with van der Waals surface area (Å²) in [5.41, 5.74) is 7.49. The second-order valence-electron chi connectivity index (χ2n) is 6.67. The van der Waals surface area contributed by atoms with E-state index in [0.717, 1.165) is 11.1 Å². The van der Waals surface area contributed by atoms with Gasteiger partial charge in [0.05, 0.1) is 0 Å². The quantitative estimate of drug-likeness (QED) is 0.487. The van der Waals surface area contributed by atoms with Crippen LogP contribution in [0.2, 0.25) is 0 Å². The summed E-state index contributed by atoms with van der Waals surface area (Å²) in [4.78, 5) is 23.4. The second-order valence-corrected chi connectivity index (χ2v) is 6.67. The van der Waals surface area contributed by atoms with Gasteiger partial charge in [0.15, 0.2) is 12.4 Å². The van der Waals surface area contributed by atoms with Gasteiger partial charge in [0.1, 0.15) is 11.3 Å². The Morgan fingerprint density at radius 3 is 2.19 bits per heavy atom. The fraction of sp³-hybridized carbons (Fsp3) is 0.350. The number of nitrogens with two attached hydrogens (primary N) is 1. The zero-order chi connectivity index (χ0) is 19.3. The van der Waals surface area contributed by atoms with E-state index in [-0.39, 0.29) is 18.6 Å². The first kappa shape index (κ1) is 19.4. The van der Waals surface area contributed by atoms with Gasteiger partial charge in [-0.2, -0.15) is 4.57 Å². The van der Waals surface area contributed by atoms with Gasteiger partial charge in [-0.3, -0.25) is 4.79 Å². The Hall–Kier alpha value is -2.89. The lowest BCUT2D eigenvalue weighted by Gasteiger charge is -2.18. The van der Waals surface area contributed by atoms with E-state index in [1.807, 2.05) is 45.9 Å². The average molecular weight is 357 g/mol. The molecule has 6 nitrogen and oxygen atoms in total. The highest BCUT2D eigenvalue weighted by molar-refractivity contribution is 5.92. The van der Waals surface area contributed by atoms with E-state index in [1.54, 1.807) is 22.9 Å². The standard InChI is InChI=1S/C20H24N2O4/c1-13(2)16-8-5-9-17(14(3)4)18(16)26-20(24)25-12-22-10-6-7-15(11-22)19(21)23/h5-11,13-14H,12H2,1-4H3,(H-,21,23)/p+1. The molecule has 2 rings (SSSR count). The van der Waals surface area contributed by atoms with Gasteiger partial charge in [-0.25, -0.2) is 4.79 Å². The normalized spacial score (nSPS) is 10.8. The summed E-state index contributed by atoms with van der Waals surface area (Å²) < 4.78 is 12.3. The van der Waals surface area contributed by atoms with Crippen LogP contribution in [-0.2, 0) is 11.5 Å². The number of aromatic nitrogens is 1. The fourth-order valence-electron chi connectivity index (χ4n) is 2.59. The molecule has 0 atom stereocenters. The van der Waals surface area contributed by atoms with Crippen LogP contribution in [0, 0.1) is 0 Å². The van der Waals surface area contributed by atoms with Crippen LogP contribution in [0.5, 0.6) is 5.75 Å². The minimum atomic E-state index is -0.794. The number of pyridine rings is 1. The van der Waals surface area contributed by atoms with Crippen molar-refractivity contribution in [1.82, 2.24) is 0 Å². The number of amides is 1. The van der Waals surface area contributed by atoms with Crippen molar-refractivity contribution in [2.24, 2.45) is 5.73 Å². The van der Waals surface area contributed by atoms with Crippen molar-refractivity contribution in [3.8, 4) is 5.75 Å². The molecule has 0 spiro atoms. The Morgan fingerprint density at radius 1 is 1.04 bits per heavy atom. The molecular weight excluding hydrogens is 332 g/mol. The number of rotatable bonds is 6. The van der Waals surface area contributed by atoms with E-state index >= 15 is 0 Å². The SMILES string of the molecule is CC(C)c1cccc(C(C)C)c1OC(=O)OC[n+]1cccc(C(N)=O)c1. The maximum atomic E-state index is 12.2. The van der Waals surface area contributed by atoms with Gasteiger partial charge in [-0.05, 0) is 29.0 Å². The Labute approximate surface area is 153 Å². The van der Waals surface area contributed by atoms with Gasteiger partial charge in [-0.15, -0.1) is 0 Å². The molecule has 0 fully saturated rings. The summed E-state index contributed by atoms with van der Waals surface area (Å²) >= 11 is 0. The third-order valence-electron chi connectivity index (χ3n) is 3.98. The Bertz CT molecular complexity index is 774. The Balaban J connectivity index is 2.13. The minimum absolute atomic E-state index is 0.0825. The molecular formula is C20H25N2O4+. The van der Waals surface area contributed by atoms with E-state index in [9.17, 15) is 9.59 Å². The van der Waals surface area contributed by atoms with Gasteiger partial charge >= 0.3 is 6.16 Å². The van der Waals surface area contributed by atoms with Crippen LogP contribution in [0.1, 0.15) is 61.0 Å². The van der Waals surface area contributed by atoms with E-state index in [4.69, 9.17) is 15.2 Å². The second kappa shape index (κ2) is 8.47. The van der Waals surface area contributed by atoms with Crippen LogP contribution in [-0.4, -0.2) is 12.1 Å². The third kappa shape index (κ3) is 4.81. The molecule has 1 heterocycles. The lowest BCUT2D eigenvalue weighted by molar-refractivity contribution is -0.727. The van der Waals surface area contributed by atoms with Gasteiger partial charge in [-0.1, -0.05) is 45.9 Å². The predicted octanol–water partition coefficient (Wildman–Crippen LogP) is 3.49. The summed E-state index contributed by atoms with van der Waals surface area (Å²) in [5, 5.41) is 0. The predicted molar refractivity (Wildman–Crippen MR) is 96.9 cm³/mol. The highest BCUT2D eigenvalue weighted by Crippen LogP contribution is 2.34. The lowest BCUT2D eigenvalue weighted by Crippen LogP contribution is -2.37. The fourth-order valence-corrected chi connectivity index (χ4v) is 2.59. The molecule has 1 amide bonds. The summed E-state index contributed by atoms with van der Waals surface area (Å²) in [6.07, 6.45) is 2.38. The van der Waals surface area contributed by atoms with Crippen LogP contribution >= 0.6 is 0 Å². The summed E-state index contributed by atoms with van der Waals surface area (Å²) in [5.74, 6) is 0.420. The zero-order valence-electron chi connectivity index (χ0n) is 15.6. The topological polar surface area (TPSA) is 82.5 Å². The number of benzene rings is 1. The Kier molecular flexibility index (Phi) is 6.33. The number of para-hydroxylation sites is 1. The van der Waals surface area contributed by atoms with Crippen LogP contribution in [0.3, 0.4) is 0 Å². The van der Waals surface area contributed by atoms with Crippen molar-refractivity contribution < 1.29 is 23.6 Å². The van der Waals surface area contributed by atoms with Crippen molar-refractivity contribution in [3.05, 3.63) is 59.4 Å². The van der Waals surface area contributed by atoms with Crippen LogP contribution in [0.15, 0.2) is 42.7 Å². The van der Waals surface area contributed by atoms with Gasteiger partial charge in [0.25, 0.3) is 12.6 Å². The first-order valence-corrected chi connectivity index (χ1v) is 8.56. The summed E-state index contributed by atoms with van der Waals surface area (Å²) in [6, 6.07) is 9.10. The number of carbonyl (C=O) groups is 2. The maximum Gasteiger partial charge on any atom is 0.518 e. The number of hydrogen-bond donors (Lipinski definition) is 1. The first-order valence-electron chi connectivity index (χ1n) is 8.56. The number of primary amides is 1. The molecule has 26 heavy (non-hydrogen) atoms. The van der Waals surface area contributed by atoms with Gasteiger partial charge in [0, 0.05) is 6.07 Å².